The molecule has 0 spiro atoms. The molecule has 1 saturated heterocycles. The smallest absolute Gasteiger partial charge is 0.219 e. The predicted octanol–water partition coefficient (Wildman–Crippen LogP) is 3.72. The maximum Gasteiger partial charge on any atom is 0.219 e. The van der Waals surface area contributed by atoms with Crippen molar-refractivity contribution in [3.63, 3.8) is 0 Å². The molecule has 0 bridgehead atoms. The lowest BCUT2D eigenvalue weighted by atomic mass is 9.90. The number of benzene rings is 2. The SMILES string of the molecule is COc1ccccc1CN[C@H]1CCCN(C(C)=O)[C@H]1Cc1ccc(C)cc1. The molecule has 1 aliphatic rings. The molecule has 0 unspecified atom stereocenters. The Labute approximate surface area is 162 Å². The van der Waals surface area contributed by atoms with Crippen LogP contribution in [-0.2, 0) is 17.8 Å². The van der Waals surface area contributed by atoms with Crippen molar-refractivity contribution >= 4 is 5.91 Å². The summed E-state index contributed by atoms with van der Waals surface area (Å²) < 4.78 is 5.47. The van der Waals surface area contributed by atoms with Crippen LogP contribution in [0.1, 0.15) is 36.5 Å². The van der Waals surface area contributed by atoms with Crippen molar-refractivity contribution in [3.8, 4) is 5.75 Å². The second-order valence-electron chi connectivity index (χ2n) is 7.41. The van der Waals surface area contributed by atoms with E-state index in [9.17, 15) is 4.79 Å². The summed E-state index contributed by atoms with van der Waals surface area (Å²) in [5, 5.41) is 3.71. The van der Waals surface area contributed by atoms with Gasteiger partial charge in [0.15, 0.2) is 0 Å². The third kappa shape index (κ3) is 4.89. The molecule has 27 heavy (non-hydrogen) atoms. The lowest BCUT2D eigenvalue weighted by Gasteiger charge is -2.41. The van der Waals surface area contributed by atoms with Gasteiger partial charge in [0.1, 0.15) is 5.75 Å². The number of likely N-dealkylation sites (tertiary alicyclic amines) is 1. The molecule has 1 fully saturated rings. The Morgan fingerprint density at radius 1 is 1.19 bits per heavy atom. The summed E-state index contributed by atoms with van der Waals surface area (Å²) in [5.74, 6) is 1.07. The van der Waals surface area contributed by atoms with E-state index in [0.29, 0.717) is 0 Å². The number of nitrogens with one attached hydrogen (secondary N) is 1. The minimum absolute atomic E-state index is 0.163. The number of methoxy groups -OCH3 is 1. The van der Waals surface area contributed by atoms with Crippen molar-refractivity contribution in [2.24, 2.45) is 0 Å². The molecule has 2 aromatic rings. The average molecular weight is 367 g/mol. The van der Waals surface area contributed by atoms with E-state index in [2.05, 4.69) is 42.6 Å². The molecule has 2 aromatic carbocycles. The Bertz CT molecular complexity index is 757. The molecule has 1 aliphatic heterocycles. The van der Waals surface area contributed by atoms with E-state index in [1.807, 2.05) is 23.1 Å². The molecule has 144 valence electrons. The highest BCUT2D eigenvalue weighted by molar-refractivity contribution is 5.73. The van der Waals surface area contributed by atoms with Gasteiger partial charge in [-0.3, -0.25) is 4.79 Å². The van der Waals surface area contributed by atoms with E-state index >= 15 is 0 Å². The van der Waals surface area contributed by atoms with Crippen LogP contribution in [0.25, 0.3) is 0 Å². The van der Waals surface area contributed by atoms with Gasteiger partial charge in [-0.05, 0) is 37.8 Å². The van der Waals surface area contributed by atoms with Crippen LogP contribution in [0.3, 0.4) is 0 Å². The van der Waals surface area contributed by atoms with Crippen LogP contribution in [0.5, 0.6) is 5.75 Å². The number of carbonyl (C=O) groups excluding carboxylic acids is 1. The monoisotopic (exact) mass is 366 g/mol. The maximum absolute atomic E-state index is 12.3. The Balaban J connectivity index is 1.75. The third-order valence-electron chi connectivity index (χ3n) is 5.50. The second kappa shape index (κ2) is 9.05. The van der Waals surface area contributed by atoms with Crippen molar-refractivity contribution in [2.75, 3.05) is 13.7 Å². The average Bonchev–Trinajstić information content (AvgIpc) is 2.68. The number of hydrogen-bond donors (Lipinski definition) is 1. The highest BCUT2D eigenvalue weighted by atomic mass is 16.5. The first-order chi connectivity index (χ1) is 13.1. The molecule has 3 rings (SSSR count). The van der Waals surface area contributed by atoms with Crippen LogP contribution in [0.15, 0.2) is 48.5 Å². The summed E-state index contributed by atoms with van der Waals surface area (Å²) >= 11 is 0. The van der Waals surface area contributed by atoms with Gasteiger partial charge in [-0.2, -0.15) is 0 Å². The summed E-state index contributed by atoms with van der Waals surface area (Å²) in [6.07, 6.45) is 2.99. The molecule has 1 heterocycles. The van der Waals surface area contributed by atoms with E-state index < -0.39 is 0 Å². The minimum atomic E-state index is 0.163. The van der Waals surface area contributed by atoms with Crippen LogP contribution < -0.4 is 10.1 Å². The van der Waals surface area contributed by atoms with Crippen molar-refractivity contribution < 1.29 is 9.53 Å². The van der Waals surface area contributed by atoms with Crippen LogP contribution in [0.2, 0.25) is 0 Å². The largest absolute Gasteiger partial charge is 0.496 e. The van der Waals surface area contributed by atoms with Gasteiger partial charge in [0.25, 0.3) is 0 Å². The number of piperidine rings is 1. The van der Waals surface area contributed by atoms with E-state index in [1.165, 1.54) is 11.1 Å². The topological polar surface area (TPSA) is 41.6 Å². The van der Waals surface area contributed by atoms with Crippen LogP contribution in [0.4, 0.5) is 0 Å². The van der Waals surface area contributed by atoms with Crippen LogP contribution in [-0.4, -0.2) is 36.5 Å². The Hall–Kier alpha value is -2.33. The first-order valence-electron chi connectivity index (χ1n) is 9.76. The van der Waals surface area contributed by atoms with Gasteiger partial charge in [-0.15, -0.1) is 0 Å². The fourth-order valence-corrected chi connectivity index (χ4v) is 3.99. The van der Waals surface area contributed by atoms with Crippen molar-refractivity contribution in [3.05, 3.63) is 65.2 Å². The molecule has 0 saturated carbocycles. The van der Waals surface area contributed by atoms with Crippen LogP contribution >= 0.6 is 0 Å². The van der Waals surface area contributed by atoms with Gasteiger partial charge in [-0.1, -0.05) is 48.0 Å². The fourth-order valence-electron chi connectivity index (χ4n) is 3.99. The maximum atomic E-state index is 12.3. The highest BCUT2D eigenvalue weighted by Gasteiger charge is 2.32. The number of rotatable bonds is 6. The minimum Gasteiger partial charge on any atom is -0.496 e. The molecule has 4 nitrogen and oxygen atoms in total. The first-order valence-corrected chi connectivity index (χ1v) is 9.76. The van der Waals surface area contributed by atoms with Crippen molar-refractivity contribution in [2.45, 2.75) is 51.7 Å². The summed E-state index contributed by atoms with van der Waals surface area (Å²) in [5.41, 5.74) is 3.69. The van der Waals surface area contributed by atoms with Gasteiger partial charge in [0.2, 0.25) is 5.91 Å². The molecule has 2 atom stereocenters. The molecule has 0 aliphatic carbocycles. The molecular weight excluding hydrogens is 336 g/mol. The zero-order chi connectivity index (χ0) is 19.2. The van der Waals surface area contributed by atoms with Crippen molar-refractivity contribution in [1.82, 2.24) is 10.2 Å². The molecule has 0 aromatic heterocycles. The van der Waals surface area contributed by atoms with E-state index in [0.717, 1.165) is 43.7 Å². The van der Waals surface area contributed by atoms with Gasteiger partial charge >= 0.3 is 0 Å². The number of aryl methyl sites for hydroxylation is 1. The van der Waals surface area contributed by atoms with Gasteiger partial charge < -0.3 is 15.0 Å². The van der Waals surface area contributed by atoms with Gasteiger partial charge in [0.05, 0.1) is 13.2 Å². The molecule has 1 amide bonds. The summed E-state index contributed by atoms with van der Waals surface area (Å²) in [7, 11) is 1.71. The number of carbonyl (C=O) groups is 1. The molecule has 1 N–H and O–H groups in total. The van der Waals surface area contributed by atoms with E-state index in [1.54, 1.807) is 14.0 Å². The molecular formula is C23H30N2O2. The van der Waals surface area contributed by atoms with E-state index in [4.69, 9.17) is 4.74 Å². The third-order valence-corrected chi connectivity index (χ3v) is 5.50. The van der Waals surface area contributed by atoms with E-state index in [-0.39, 0.29) is 18.0 Å². The lowest BCUT2D eigenvalue weighted by Crippen LogP contribution is -2.56. The van der Waals surface area contributed by atoms with Gasteiger partial charge in [-0.25, -0.2) is 0 Å². The Morgan fingerprint density at radius 3 is 2.63 bits per heavy atom. The fraction of sp³-hybridized carbons (Fsp3) is 0.435. The number of ether oxygens (including phenoxy) is 1. The standard InChI is InChI=1S/C23H30N2O2/c1-17-10-12-19(13-11-17)15-22-21(8-6-14-25(22)18(2)26)24-16-20-7-4-5-9-23(20)27-3/h4-5,7,9-13,21-22,24H,6,8,14-16H2,1-3H3/t21-,22-/m0/s1. The summed E-state index contributed by atoms with van der Waals surface area (Å²) in [6.45, 7) is 5.37. The lowest BCUT2D eigenvalue weighted by molar-refractivity contribution is -0.133. The first kappa shape index (κ1) is 19.4. The zero-order valence-electron chi connectivity index (χ0n) is 16.6. The van der Waals surface area contributed by atoms with Gasteiger partial charge in [0, 0.05) is 31.6 Å². The number of hydrogen-bond acceptors (Lipinski definition) is 3. The number of nitrogens with zero attached hydrogens (tertiary/aromatic N) is 1. The number of amides is 1. The summed E-state index contributed by atoms with van der Waals surface area (Å²) in [6, 6.07) is 17.2. The zero-order valence-corrected chi connectivity index (χ0v) is 16.6. The second-order valence-corrected chi connectivity index (χ2v) is 7.41. The summed E-state index contributed by atoms with van der Waals surface area (Å²) in [4.78, 5) is 14.3. The Kier molecular flexibility index (Phi) is 6.51. The molecule has 4 heteroatoms. The number of para-hydroxylation sites is 1. The normalized spacial score (nSPS) is 19.7. The highest BCUT2D eigenvalue weighted by Crippen LogP contribution is 2.24. The van der Waals surface area contributed by atoms with Crippen molar-refractivity contribution in [1.29, 1.82) is 0 Å². The Morgan fingerprint density at radius 2 is 1.93 bits per heavy atom. The quantitative estimate of drug-likeness (QED) is 0.847. The molecule has 0 radical (unpaired) electrons. The van der Waals surface area contributed by atoms with Crippen LogP contribution in [0, 0.1) is 6.92 Å². The predicted molar refractivity (Wildman–Crippen MR) is 109 cm³/mol.